The van der Waals surface area contributed by atoms with E-state index in [1.807, 2.05) is 0 Å². The molecule has 1 N–H and O–H groups in total. The van der Waals surface area contributed by atoms with Gasteiger partial charge in [-0.2, -0.15) is 0 Å². The van der Waals surface area contributed by atoms with Gasteiger partial charge in [-0.25, -0.2) is 0 Å². The molecule has 4 fully saturated rings. The van der Waals surface area contributed by atoms with Crippen molar-refractivity contribution >= 4 is 5.97 Å². The summed E-state index contributed by atoms with van der Waals surface area (Å²) in [6.07, 6.45) is 3.44. The van der Waals surface area contributed by atoms with Gasteiger partial charge in [0.25, 0.3) is 0 Å². The van der Waals surface area contributed by atoms with Gasteiger partial charge in [0.1, 0.15) is 0 Å². The van der Waals surface area contributed by atoms with Crippen LogP contribution in [0.4, 0.5) is 0 Å². The summed E-state index contributed by atoms with van der Waals surface area (Å²) in [5.41, 5.74) is -0.190. The molecule has 4 bridgehead atoms. The lowest BCUT2D eigenvalue weighted by Gasteiger charge is -2.01. The molecule has 10 heavy (non-hydrogen) atoms. The number of hydrogen-bond acceptors (Lipinski definition) is 1. The molecule has 2 heteroatoms. The Balaban J connectivity index is 2.06. The molecule has 0 heterocycles. The molecule has 0 aliphatic heterocycles. The van der Waals surface area contributed by atoms with Crippen LogP contribution in [0.5, 0.6) is 0 Å². The molecular formula is C8H10O2. The molecule has 0 spiro atoms. The minimum atomic E-state index is -0.512. The van der Waals surface area contributed by atoms with Crippen LogP contribution in [0, 0.1) is 23.2 Å². The lowest BCUT2D eigenvalue weighted by Crippen LogP contribution is -2.14. The van der Waals surface area contributed by atoms with Crippen LogP contribution in [-0.2, 0) is 4.79 Å². The van der Waals surface area contributed by atoms with Gasteiger partial charge in [-0.3, -0.25) is 4.79 Å². The smallest absolute Gasteiger partial charge is 0.310 e. The summed E-state index contributed by atoms with van der Waals surface area (Å²) < 4.78 is 0. The Hall–Kier alpha value is -0.530. The number of aliphatic carboxylic acids is 1. The van der Waals surface area contributed by atoms with Crippen LogP contribution < -0.4 is 0 Å². The zero-order valence-corrected chi connectivity index (χ0v) is 5.71. The topological polar surface area (TPSA) is 37.3 Å². The van der Waals surface area contributed by atoms with Gasteiger partial charge in [0.05, 0.1) is 5.41 Å². The van der Waals surface area contributed by atoms with Crippen molar-refractivity contribution in [1.82, 2.24) is 0 Å². The Morgan fingerprint density at radius 2 is 2.00 bits per heavy atom. The third-order valence-electron chi connectivity index (χ3n) is 3.90. The highest BCUT2D eigenvalue weighted by Gasteiger charge is 2.78. The van der Waals surface area contributed by atoms with E-state index in [1.165, 1.54) is 12.8 Å². The first-order valence-corrected chi connectivity index (χ1v) is 3.98. The van der Waals surface area contributed by atoms with Gasteiger partial charge in [-0.05, 0) is 37.0 Å². The zero-order chi connectivity index (χ0) is 6.93. The average Bonchev–Trinajstić information content (AvgIpc) is 2.42. The van der Waals surface area contributed by atoms with Gasteiger partial charge in [-0.1, -0.05) is 0 Å². The maximum absolute atomic E-state index is 10.8. The van der Waals surface area contributed by atoms with Gasteiger partial charge >= 0.3 is 5.97 Å². The van der Waals surface area contributed by atoms with Crippen molar-refractivity contribution in [2.24, 2.45) is 23.2 Å². The summed E-state index contributed by atoms with van der Waals surface area (Å²) in [7, 11) is 0. The predicted molar refractivity (Wildman–Crippen MR) is 34.4 cm³/mol. The first-order chi connectivity index (χ1) is 4.75. The molecule has 4 aliphatic rings. The van der Waals surface area contributed by atoms with Gasteiger partial charge in [0.2, 0.25) is 0 Å². The monoisotopic (exact) mass is 138 g/mol. The summed E-state index contributed by atoms with van der Waals surface area (Å²) in [5.74, 6) is 1.46. The minimum absolute atomic E-state index is 0.190. The fourth-order valence-electron chi connectivity index (χ4n) is 3.52. The minimum Gasteiger partial charge on any atom is -0.481 e. The number of hydrogen-bond donors (Lipinski definition) is 1. The van der Waals surface area contributed by atoms with Gasteiger partial charge in [-0.15, -0.1) is 0 Å². The molecule has 0 aromatic rings. The van der Waals surface area contributed by atoms with E-state index in [2.05, 4.69) is 0 Å². The SMILES string of the molecule is O=C(O)C12CC3C[C@@H]1[C@@H]2C3. The molecule has 4 aliphatic carbocycles. The highest BCUT2D eigenvalue weighted by atomic mass is 16.4. The van der Waals surface area contributed by atoms with E-state index in [9.17, 15) is 4.79 Å². The predicted octanol–water partition coefficient (Wildman–Crippen LogP) is 1.12. The fraction of sp³-hybridized carbons (Fsp3) is 0.875. The first kappa shape index (κ1) is 5.16. The summed E-state index contributed by atoms with van der Waals surface area (Å²) in [6.45, 7) is 0. The average molecular weight is 138 g/mol. The molecule has 4 rings (SSSR count). The lowest BCUT2D eigenvalue weighted by molar-refractivity contribution is -0.143. The summed E-state index contributed by atoms with van der Waals surface area (Å²) >= 11 is 0. The van der Waals surface area contributed by atoms with E-state index in [0.717, 1.165) is 12.3 Å². The Bertz CT molecular complexity index is 209. The van der Waals surface area contributed by atoms with Crippen molar-refractivity contribution < 1.29 is 9.90 Å². The second-order valence-corrected chi connectivity index (χ2v) is 4.10. The van der Waals surface area contributed by atoms with E-state index < -0.39 is 5.97 Å². The molecule has 0 aromatic carbocycles. The molecular weight excluding hydrogens is 128 g/mol. The van der Waals surface area contributed by atoms with Crippen LogP contribution in [-0.4, -0.2) is 11.1 Å². The Morgan fingerprint density at radius 1 is 1.40 bits per heavy atom. The second-order valence-electron chi connectivity index (χ2n) is 4.10. The number of rotatable bonds is 1. The van der Waals surface area contributed by atoms with E-state index in [4.69, 9.17) is 5.11 Å². The number of carboxylic acid groups (broad SMARTS) is 1. The van der Waals surface area contributed by atoms with Crippen molar-refractivity contribution in [3.63, 3.8) is 0 Å². The fourth-order valence-corrected chi connectivity index (χ4v) is 3.52. The van der Waals surface area contributed by atoms with Crippen LogP contribution in [0.25, 0.3) is 0 Å². The van der Waals surface area contributed by atoms with E-state index in [1.54, 1.807) is 0 Å². The van der Waals surface area contributed by atoms with E-state index in [0.29, 0.717) is 11.8 Å². The van der Waals surface area contributed by atoms with Crippen LogP contribution in [0.2, 0.25) is 0 Å². The maximum Gasteiger partial charge on any atom is 0.310 e. The molecule has 4 saturated carbocycles. The normalized spacial score (nSPS) is 61.0. The second kappa shape index (κ2) is 1.13. The highest BCUT2D eigenvalue weighted by molar-refractivity contribution is 5.81. The van der Waals surface area contributed by atoms with Crippen LogP contribution in [0.15, 0.2) is 0 Å². The van der Waals surface area contributed by atoms with Crippen molar-refractivity contribution in [1.29, 1.82) is 0 Å². The Kier molecular flexibility index (Phi) is 0.582. The first-order valence-electron chi connectivity index (χ1n) is 3.98. The summed E-state index contributed by atoms with van der Waals surface area (Å²) in [4.78, 5) is 10.8. The molecule has 4 atom stereocenters. The molecule has 54 valence electrons. The molecule has 0 radical (unpaired) electrons. The highest BCUT2D eigenvalue weighted by Crippen LogP contribution is 2.79. The molecule has 0 amide bonds. The third-order valence-corrected chi connectivity index (χ3v) is 3.90. The van der Waals surface area contributed by atoms with Crippen molar-refractivity contribution in [2.45, 2.75) is 19.3 Å². The summed E-state index contributed by atoms with van der Waals surface area (Å²) in [6, 6.07) is 0. The van der Waals surface area contributed by atoms with Crippen LogP contribution >= 0.6 is 0 Å². The van der Waals surface area contributed by atoms with Crippen molar-refractivity contribution in [2.75, 3.05) is 0 Å². The van der Waals surface area contributed by atoms with E-state index >= 15 is 0 Å². The van der Waals surface area contributed by atoms with Crippen LogP contribution in [0.1, 0.15) is 19.3 Å². The molecule has 0 saturated heterocycles. The third kappa shape index (κ3) is 0.297. The van der Waals surface area contributed by atoms with Gasteiger partial charge < -0.3 is 5.11 Å². The molecule has 2 nitrogen and oxygen atoms in total. The standard InChI is InChI=1S/C8H10O2/c9-7(10)8-3-4-1-5(8)6(8)2-4/h4-6H,1-3H2,(H,9,10)/t4?,5-,6+,8?. The lowest BCUT2D eigenvalue weighted by atomic mass is 10.1. The molecule has 0 aromatic heterocycles. The van der Waals surface area contributed by atoms with Gasteiger partial charge in [0.15, 0.2) is 0 Å². The van der Waals surface area contributed by atoms with Crippen molar-refractivity contribution in [3.05, 3.63) is 0 Å². The molecule has 2 unspecified atom stereocenters. The van der Waals surface area contributed by atoms with Gasteiger partial charge in [0, 0.05) is 0 Å². The number of carbonyl (C=O) groups is 1. The van der Waals surface area contributed by atoms with Crippen LogP contribution in [0.3, 0.4) is 0 Å². The maximum atomic E-state index is 10.8. The quantitative estimate of drug-likeness (QED) is 0.589. The van der Waals surface area contributed by atoms with Crippen molar-refractivity contribution in [3.8, 4) is 0 Å². The number of carboxylic acids is 1. The Labute approximate surface area is 59.2 Å². The summed E-state index contributed by atoms with van der Waals surface area (Å²) in [5, 5.41) is 8.91. The largest absolute Gasteiger partial charge is 0.481 e. The Morgan fingerprint density at radius 3 is 2.20 bits per heavy atom. The van der Waals surface area contributed by atoms with E-state index in [-0.39, 0.29) is 5.41 Å². The zero-order valence-electron chi connectivity index (χ0n) is 5.71.